The van der Waals surface area contributed by atoms with Crippen molar-refractivity contribution < 1.29 is 13.6 Å². The third-order valence-corrected chi connectivity index (χ3v) is 6.34. The van der Waals surface area contributed by atoms with Gasteiger partial charge in [-0.05, 0) is 55.0 Å². The molecule has 1 amide bonds. The summed E-state index contributed by atoms with van der Waals surface area (Å²) in [4.78, 5) is 26.6. The first-order chi connectivity index (χ1) is 15.9. The Labute approximate surface area is 188 Å². The summed E-state index contributed by atoms with van der Waals surface area (Å²) < 4.78 is 30.8. The van der Waals surface area contributed by atoms with E-state index in [4.69, 9.17) is 5.26 Å². The molecule has 1 aromatic heterocycles. The van der Waals surface area contributed by atoms with Crippen molar-refractivity contribution in [3.63, 3.8) is 0 Å². The molecule has 1 aliphatic heterocycles. The summed E-state index contributed by atoms with van der Waals surface area (Å²) in [6, 6.07) is 10.1. The number of carbonyl (C=O) groups is 1. The molecule has 0 bridgehead atoms. The first-order valence-electron chi connectivity index (χ1n) is 10.9. The van der Waals surface area contributed by atoms with Gasteiger partial charge in [0, 0.05) is 31.1 Å². The summed E-state index contributed by atoms with van der Waals surface area (Å²) in [7, 11) is 0. The van der Waals surface area contributed by atoms with Crippen LogP contribution in [0.1, 0.15) is 24.8 Å². The maximum Gasteiger partial charge on any atom is 0.343 e. The maximum atomic E-state index is 15.1. The van der Waals surface area contributed by atoms with Gasteiger partial charge in [-0.15, -0.1) is 0 Å². The van der Waals surface area contributed by atoms with Crippen molar-refractivity contribution in [2.24, 2.45) is 11.8 Å². The van der Waals surface area contributed by atoms with Crippen LogP contribution in [-0.2, 0) is 11.3 Å². The number of hydrogen-bond donors (Lipinski definition) is 1. The van der Waals surface area contributed by atoms with Crippen molar-refractivity contribution in [2.45, 2.75) is 25.8 Å². The molecular formula is C24H21F2N5O2. The molecule has 2 aliphatic rings. The topological polar surface area (TPSA) is 94.8 Å². The Bertz CT molecular complexity index is 1340. The van der Waals surface area contributed by atoms with Gasteiger partial charge in [0.15, 0.2) is 5.82 Å². The van der Waals surface area contributed by atoms with Crippen molar-refractivity contribution in [1.82, 2.24) is 19.7 Å². The van der Waals surface area contributed by atoms with E-state index in [2.05, 4.69) is 10.2 Å². The Morgan fingerprint density at radius 1 is 1.12 bits per heavy atom. The minimum atomic E-state index is -0.645. The van der Waals surface area contributed by atoms with Crippen molar-refractivity contribution in [1.29, 1.82) is 5.26 Å². The minimum absolute atomic E-state index is 0.0804. The zero-order chi connectivity index (χ0) is 23.1. The van der Waals surface area contributed by atoms with E-state index in [9.17, 15) is 14.0 Å². The van der Waals surface area contributed by atoms with Crippen LogP contribution in [0.3, 0.4) is 0 Å². The van der Waals surface area contributed by atoms with Gasteiger partial charge in [0.05, 0.1) is 17.2 Å². The van der Waals surface area contributed by atoms with Gasteiger partial charge >= 0.3 is 5.69 Å². The third kappa shape index (κ3) is 4.04. The summed E-state index contributed by atoms with van der Waals surface area (Å²) in [6.45, 7) is 1.57. The Hall–Kier alpha value is -3.80. The SMILES string of the molecule is N#Cc1ccc(-c2ccc(-c3n[nH]c(=O)n3C[C@@H]3CCN(C(=O)C4CC4)C3)c(F)c2)c(F)c1. The van der Waals surface area contributed by atoms with E-state index in [1.165, 1.54) is 28.8 Å². The number of nitrogens with one attached hydrogen (secondary N) is 1. The van der Waals surface area contributed by atoms with Gasteiger partial charge in [-0.1, -0.05) is 12.1 Å². The summed E-state index contributed by atoms with van der Waals surface area (Å²) in [5.41, 5.74) is 0.338. The smallest absolute Gasteiger partial charge is 0.342 e. The highest BCUT2D eigenvalue weighted by Crippen LogP contribution is 2.33. The van der Waals surface area contributed by atoms with E-state index in [1.54, 1.807) is 6.07 Å². The highest BCUT2D eigenvalue weighted by atomic mass is 19.1. The number of H-pyrrole nitrogens is 1. The summed E-state index contributed by atoms with van der Waals surface area (Å²) in [5, 5.41) is 15.3. The van der Waals surface area contributed by atoms with Crippen LogP contribution >= 0.6 is 0 Å². The lowest BCUT2D eigenvalue weighted by molar-refractivity contribution is -0.131. The molecule has 1 saturated heterocycles. The molecule has 2 fully saturated rings. The lowest BCUT2D eigenvalue weighted by atomic mass is 10.0. The van der Waals surface area contributed by atoms with Crippen molar-refractivity contribution in [2.75, 3.05) is 13.1 Å². The Morgan fingerprint density at radius 3 is 2.58 bits per heavy atom. The van der Waals surface area contributed by atoms with Gasteiger partial charge in [0.2, 0.25) is 5.91 Å². The van der Waals surface area contributed by atoms with E-state index < -0.39 is 17.3 Å². The number of amides is 1. The molecule has 0 spiro atoms. The molecule has 1 atom stereocenters. The highest BCUT2D eigenvalue weighted by Gasteiger charge is 2.37. The predicted octanol–water partition coefficient (Wildman–Crippen LogP) is 3.31. The number of rotatable bonds is 5. The fourth-order valence-electron chi connectivity index (χ4n) is 4.40. The molecular weight excluding hydrogens is 428 g/mol. The van der Waals surface area contributed by atoms with Crippen molar-refractivity contribution in [3.05, 3.63) is 64.1 Å². The maximum absolute atomic E-state index is 15.1. The van der Waals surface area contributed by atoms with Gasteiger partial charge in [-0.25, -0.2) is 18.7 Å². The summed E-state index contributed by atoms with van der Waals surface area (Å²) in [6.07, 6.45) is 2.68. The summed E-state index contributed by atoms with van der Waals surface area (Å²) in [5.74, 6) is -0.676. The van der Waals surface area contributed by atoms with Gasteiger partial charge in [0.1, 0.15) is 11.6 Å². The van der Waals surface area contributed by atoms with E-state index >= 15 is 4.39 Å². The molecule has 1 saturated carbocycles. The van der Waals surface area contributed by atoms with Gasteiger partial charge in [-0.2, -0.15) is 10.4 Å². The van der Waals surface area contributed by atoms with E-state index in [0.29, 0.717) is 25.2 Å². The number of hydrogen-bond acceptors (Lipinski definition) is 4. The Kier molecular flexibility index (Phi) is 5.29. The lowest BCUT2D eigenvalue weighted by Crippen LogP contribution is -2.31. The number of benzene rings is 2. The lowest BCUT2D eigenvalue weighted by Gasteiger charge is -2.16. The zero-order valence-corrected chi connectivity index (χ0v) is 17.7. The number of aromatic nitrogens is 3. The van der Waals surface area contributed by atoms with Crippen LogP contribution < -0.4 is 5.69 Å². The fraction of sp³-hybridized carbons (Fsp3) is 0.333. The fourth-order valence-corrected chi connectivity index (χ4v) is 4.40. The van der Waals surface area contributed by atoms with Gasteiger partial charge in [-0.3, -0.25) is 9.36 Å². The summed E-state index contributed by atoms with van der Waals surface area (Å²) >= 11 is 0. The molecule has 9 heteroatoms. The van der Waals surface area contributed by atoms with Crippen LogP contribution in [0, 0.1) is 34.8 Å². The number of nitrogens with zero attached hydrogens (tertiary/aromatic N) is 4. The second-order valence-electron chi connectivity index (χ2n) is 8.68. The predicted molar refractivity (Wildman–Crippen MR) is 116 cm³/mol. The molecule has 7 nitrogen and oxygen atoms in total. The molecule has 5 rings (SSSR count). The number of halogens is 2. The number of nitriles is 1. The molecule has 0 radical (unpaired) electrons. The molecule has 1 N–H and O–H groups in total. The quantitative estimate of drug-likeness (QED) is 0.647. The number of likely N-dealkylation sites (tertiary alicyclic amines) is 1. The van der Waals surface area contributed by atoms with Crippen molar-refractivity contribution >= 4 is 5.91 Å². The third-order valence-electron chi connectivity index (χ3n) is 6.34. The van der Waals surface area contributed by atoms with E-state index in [1.807, 2.05) is 11.0 Å². The van der Waals surface area contributed by atoms with Crippen LogP contribution in [0.4, 0.5) is 8.78 Å². The van der Waals surface area contributed by atoms with Gasteiger partial charge in [0.25, 0.3) is 0 Å². The second kappa shape index (κ2) is 8.28. The Balaban J connectivity index is 1.39. The molecule has 33 heavy (non-hydrogen) atoms. The first-order valence-corrected chi connectivity index (χ1v) is 10.9. The van der Waals surface area contributed by atoms with Crippen LogP contribution in [0.5, 0.6) is 0 Å². The average Bonchev–Trinajstić information content (AvgIpc) is 3.46. The first kappa shape index (κ1) is 21.1. The van der Waals surface area contributed by atoms with E-state index in [-0.39, 0.29) is 40.3 Å². The molecule has 2 aromatic carbocycles. The van der Waals surface area contributed by atoms with Crippen LogP contribution in [0.15, 0.2) is 41.2 Å². The number of aromatic amines is 1. The normalized spacial score (nSPS) is 17.8. The molecule has 2 heterocycles. The van der Waals surface area contributed by atoms with Crippen LogP contribution in [-0.4, -0.2) is 38.7 Å². The Morgan fingerprint density at radius 2 is 1.88 bits per heavy atom. The zero-order valence-electron chi connectivity index (χ0n) is 17.7. The average molecular weight is 449 g/mol. The van der Waals surface area contributed by atoms with Gasteiger partial charge < -0.3 is 4.90 Å². The monoisotopic (exact) mass is 449 g/mol. The largest absolute Gasteiger partial charge is 0.343 e. The van der Waals surface area contributed by atoms with Crippen LogP contribution in [0.25, 0.3) is 22.5 Å². The highest BCUT2D eigenvalue weighted by molar-refractivity contribution is 5.81. The number of carbonyl (C=O) groups excluding carboxylic acids is 1. The molecule has 168 valence electrons. The molecule has 3 aromatic rings. The standard InChI is InChI=1S/C24H21F2N5O2/c25-20-9-14(11-27)1-5-18(20)17-4-6-19(21(26)10-17)22-28-29-24(33)31(22)13-15-7-8-30(12-15)23(32)16-2-3-16/h1,4-6,9-10,15-16H,2-3,7-8,12-13H2,(H,29,33)/t15-/m1/s1. The van der Waals surface area contributed by atoms with Crippen molar-refractivity contribution in [3.8, 4) is 28.6 Å². The van der Waals surface area contributed by atoms with E-state index in [0.717, 1.165) is 25.3 Å². The molecule has 1 aliphatic carbocycles. The molecule has 0 unspecified atom stereocenters. The van der Waals surface area contributed by atoms with Crippen LogP contribution in [0.2, 0.25) is 0 Å². The second-order valence-corrected chi connectivity index (χ2v) is 8.68. The minimum Gasteiger partial charge on any atom is -0.342 e.